The highest BCUT2D eigenvalue weighted by atomic mass is 16.5. The molecule has 0 aromatic heterocycles. The molecule has 1 saturated heterocycles. The molecule has 0 unspecified atom stereocenters. The summed E-state index contributed by atoms with van der Waals surface area (Å²) >= 11 is 0. The van der Waals surface area contributed by atoms with E-state index in [4.69, 9.17) is 4.74 Å². The van der Waals surface area contributed by atoms with Crippen LogP contribution in [0.3, 0.4) is 0 Å². The van der Waals surface area contributed by atoms with Crippen molar-refractivity contribution in [2.75, 3.05) is 19.7 Å². The zero-order chi connectivity index (χ0) is 14.6. The average molecular weight is 281 g/mol. The minimum atomic E-state index is -0.200. The van der Waals surface area contributed by atoms with Gasteiger partial charge in [-0.3, -0.25) is 9.59 Å². The van der Waals surface area contributed by atoms with Gasteiger partial charge in [0.2, 0.25) is 5.91 Å². The Morgan fingerprint density at radius 3 is 2.55 bits per heavy atom. The summed E-state index contributed by atoms with van der Waals surface area (Å²) in [5.41, 5.74) is -0.200. The van der Waals surface area contributed by atoms with E-state index < -0.39 is 0 Å². The van der Waals surface area contributed by atoms with E-state index >= 15 is 0 Å². The summed E-state index contributed by atoms with van der Waals surface area (Å²) in [6.45, 7) is 5.69. The van der Waals surface area contributed by atoms with Crippen molar-refractivity contribution in [1.82, 2.24) is 4.90 Å². The Morgan fingerprint density at radius 2 is 1.90 bits per heavy atom. The lowest BCUT2D eigenvalue weighted by Gasteiger charge is -2.40. The number of nitrogens with zero attached hydrogens (tertiary/aromatic N) is 1. The number of amides is 1. The van der Waals surface area contributed by atoms with Gasteiger partial charge in [0.1, 0.15) is 0 Å². The summed E-state index contributed by atoms with van der Waals surface area (Å²) in [6.07, 6.45) is 7.28. The first-order valence-electron chi connectivity index (χ1n) is 8.03. The molecular weight excluding hydrogens is 254 g/mol. The Balaban J connectivity index is 1.97. The molecule has 0 N–H and O–H groups in total. The van der Waals surface area contributed by atoms with Crippen LogP contribution in [0.15, 0.2) is 0 Å². The molecule has 4 nitrogen and oxygen atoms in total. The third-order valence-corrected chi connectivity index (χ3v) is 4.80. The van der Waals surface area contributed by atoms with Gasteiger partial charge in [0.25, 0.3) is 0 Å². The summed E-state index contributed by atoms with van der Waals surface area (Å²) in [6, 6.07) is 0. The number of carbonyl (C=O) groups is 2. The Morgan fingerprint density at radius 1 is 1.20 bits per heavy atom. The van der Waals surface area contributed by atoms with Crippen molar-refractivity contribution < 1.29 is 14.3 Å². The smallest absolute Gasteiger partial charge is 0.310 e. The maximum absolute atomic E-state index is 12.8. The fourth-order valence-electron chi connectivity index (χ4n) is 3.54. The van der Waals surface area contributed by atoms with E-state index in [9.17, 15) is 9.59 Å². The van der Waals surface area contributed by atoms with Crippen LogP contribution >= 0.6 is 0 Å². The van der Waals surface area contributed by atoms with E-state index in [2.05, 4.69) is 6.92 Å². The number of likely N-dealkylation sites (tertiary alicyclic amines) is 1. The van der Waals surface area contributed by atoms with E-state index in [1.807, 2.05) is 11.8 Å². The van der Waals surface area contributed by atoms with Crippen molar-refractivity contribution in [3.63, 3.8) is 0 Å². The Bertz CT molecular complexity index is 361. The highest BCUT2D eigenvalue weighted by molar-refractivity contribution is 5.83. The Labute approximate surface area is 121 Å². The molecule has 1 saturated carbocycles. The summed E-state index contributed by atoms with van der Waals surface area (Å²) < 4.78 is 5.10. The van der Waals surface area contributed by atoms with Gasteiger partial charge in [-0.15, -0.1) is 0 Å². The molecule has 2 rings (SSSR count). The van der Waals surface area contributed by atoms with Crippen LogP contribution in [0.5, 0.6) is 0 Å². The molecule has 0 aromatic carbocycles. The molecule has 114 valence electrons. The first-order chi connectivity index (χ1) is 9.57. The topological polar surface area (TPSA) is 46.6 Å². The second-order valence-corrected chi connectivity index (χ2v) is 6.46. The minimum Gasteiger partial charge on any atom is -0.466 e. The lowest BCUT2D eigenvalue weighted by atomic mass is 9.74. The zero-order valence-corrected chi connectivity index (χ0v) is 12.8. The van der Waals surface area contributed by atoms with E-state index in [0.717, 1.165) is 45.1 Å². The summed E-state index contributed by atoms with van der Waals surface area (Å²) in [5, 5.41) is 0. The van der Waals surface area contributed by atoms with Crippen LogP contribution in [0.2, 0.25) is 0 Å². The fourth-order valence-corrected chi connectivity index (χ4v) is 3.54. The monoisotopic (exact) mass is 281 g/mol. The predicted octanol–water partition coefficient (Wildman–Crippen LogP) is 2.76. The number of hydrogen-bond donors (Lipinski definition) is 0. The molecule has 1 atom stereocenters. The lowest BCUT2D eigenvalue weighted by Crippen LogP contribution is -2.49. The molecule has 1 aliphatic heterocycles. The molecule has 0 aromatic rings. The van der Waals surface area contributed by atoms with Gasteiger partial charge in [0.15, 0.2) is 0 Å². The number of ether oxygens (including phenoxy) is 1. The molecule has 2 aliphatic rings. The van der Waals surface area contributed by atoms with Crippen LogP contribution in [-0.4, -0.2) is 36.5 Å². The molecule has 1 heterocycles. The van der Waals surface area contributed by atoms with E-state index in [0.29, 0.717) is 13.2 Å². The standard InChI is InChI=1S/C16H27NO3/c1-3-20-14(18)13-8-7-11-17(12-13)15(19)16(2)9-5-4-6-10-16/h13H,3-12H2,1-2H3/t13-/m0/s1. The predicted molar refractivity (Wildman–Crippen MR) is 77.1 cm³/mol. The zero-order valence-electron chi connectivity index (χ0n) is 12.8. The summed E-state index contributed by atoms with van der Waals surface area (Å²) in [5.74, 6) is -0.00941. The van der Waals surface area contributed by atoms with Gasteiger partial charge in [-0.05, 0) is 32.6 Å². The molecule has 0 bridgehead atoms. The Hall–Kier alpha value is -1.06. The highest BCUT2D eigenvalue weighted by Gasteiger charge is 2.40. The normalized spacial score (nSPS) is 26.1. The lowest BCUT2D eigenvalue weighted by molar-refractivity contribution is -0.154. The van der Waals surface area contributed by atoms with Gasteiger partial charge >= 0.3 is 5.97 Å². The van der Waals surface area contributed by atoms with Gasteiger partial charge < -0.3 is 9.64 Å². The van der Waals surface area contributed by atoms with Crippen LogP contribution in [0, 0.1) is 11.3 Å². The van der Waals surface area contributed by atoms with Crippen molar-refractivity contribution in [2.24, 2.45) is 11.3 Å². The molecule has 0 spiro atoms. The van der Waals surface area contributed by atoms with Gasteiger partial charge in [-0.1, -0.05) is 26.2 Å². The first kappa shape index (κ1) is 15.3. The molecule has 1 aliphatic carbocycles. The number of esters is 1. The Kier molecular flexibility index (Phi) is 5.06. The van der Waals surface area contributed by atoms with Crippen LogP contribution in [-0.2, 0) is 14.3 Å². The quantitative estimate of drug-likeness (QED) is 0.747. The molecular formula is C16H27NO3. The largest absolute Gasteiger partial charge is 0.466 e. The SMILES string of the molecule is CCOC(=O)[C@H]1CCCN(C(=O)C2(C)CCCCC2)C1. The van der Waals surface area contributed by atoms with Crippen LogP contribution < -0.4 is 0 Å². The van der Waals surface area contributed by atoms with E-state index in [1.54, 1.807) is 0 Å². The molecule has 2 fully saturated rings. The second-order valence-electron chi connectivity index (χ2n) is 6.46. The van der Waals surface area contributed by atoms with Gasteiger partial charge in [-0.2, -0.15) is 0 Å². The van der Waals surface area contributed by atoms with Gasteiger partial charge in [0.05, 0.1) is 12.5 Å². The first-order valence-corrected chi connectivity index (χ1v) is 8.03. The fraction of sp³-hybridized carbons (Fsp3) is 0.875. The molecule has 0 radical (unpaired) electrons. The highest BCUT2D eigenvalue weighted by Crippen LogP contribution is 2.38. The van der Waals surface area contributed by atoms with Gasteiger partial charge in [-0.25, -0.2) is 0 Å². The average Bonchev–Trinajstić information content (AvgIpc) is 2.47. The third-order valence-electron chi connectivity index (χ3n) is 4.80. The summed E-state index contributed by atoms with van der Waals surface area (Å²) in [7, 11) is 0. The number of hydrogen-bond acceptors (Lipinski definition) is 3. The number of rotatable bonds is 3. The van der Waals surface area contributed by atoms with Crippen LogP contribution in [0.4, 0.5) is 0 Å². The molecule has 4 heteroatoms. The van der Waals surface area contributed by atoms with Crippen molar-refractivity contribution in [3.05, 3.63) is 0 Å². The maximum atomic E-state index is 12.8. The third kappa shape index (κ3) is 3.33. The second kappa shape index (κ2) is 6.59. The van der Waals surface area contributed by atoms with Crippen molar-refractivity contribution in [2.45, 2.75) is 58.8 Å². The van der Waals surface area contributed by atoms with E-state index in [1.165, 1.54) is 6.42 Å². The summed E-state index contributed by atoms with van der Waals surface area (Å²) in [4.78, 5) is 26.6. The maximum Gasteiger partial charge on any atom is 0.310 e. The minimum absolute atomic E-state index is 0.125. The van der Waals surface area contributed by atoms with Crippen molar-refractivity contribution in [1.29, 1.82) is 0 Å². The van der Waals surface area contributed by atoms with E-state index in [-0.39, 0.29) is 23.2 Å². The van der Waals surface area contributed by atoms with Gasteiger partial charge in [0, 0.05) is 18.5 Å². The number of carbonyl (C=O) groups excluding carboxylic acids is 2. The molecule has 20 heavy (non-hydrogen) atoms. The van der Waals surface area contributed by atoms with Crippen LogP contribution in [0.1, 0.15) is 58.8 Å². The molecule has 1 amide bonds. The number of piperidine rings is 1. The van der Waals surface area contributed by atoms with Crippen molar-refractivity contribution in [3.8, 4) is 0 Å². The van der Waals surface area contributed by atoms with Crippen molar-refractivity contribution >= 4 is 11.9 Å². The van der Waals surface area contributed by atoms with Crippen LogP contribution in [0.25, 0.3) is 0 Å².